The van der Waals surface area contributed by atoms with E-state index in [2.05, 4.69) is 19.2 Å². The summed E-state index contributed by atoms with van der Waals surface area (Å²) in [7, 11) is 0. The molecule has 0 aromatic heterocycles. The number of benzene rings is 1. The first kappa shape index (κ1) is 15.3. The van der Waals surface area contributed by atoms with Gasteiger partial charge in [-0.3, -0.25) is 10.1 Å². The second-order valence-electron chi connectivity index (χ2n) is 5.48. The number of carbonyl (C=O) groups excluding carboxylic acids is 1. The molecule has 1 aromatic carbocycles. The lowest BCUT2D eigenvalue weighted by atomic mass is 10.1. The van der Waals surface area contributed by atoms with Crippen LogP contribution in [0.5, 0.6) is 0 Å². The molecule has 110 valence electrons. The Morgan fingerprint density at radius 3 is 2.70 bits per heavy atom. The lowest BCUT2D eigenvalue weighted by molar-refractivity contribution is -0.130. The molecule has 0 radical (unpaired) electrons. The molecule has 2 rings (SSSR count). The van der Waals surface area contributed by atoms with Crippen LogP contribution in [-0.2, 0) is 4.79 Å². The lowest BCUT2D eigenvalue weighted by Crippen LogP contribution is -2.37. The van der Waals surface area contributed by atoms with E-state index in [4.69, 9.17) is 11.6 Å². The minimum Gasteiger partial charge on any atom is -0.319 e. The molecule has 1 heterocycles. The topological polar surface area (TPSA) is 32.3 Å². The van der Waals surface area contributed by atoms with Gasteiger partial charge in [-0.25, -0.2) is 0 Å². The maximum absolute atomic E-state index is 12.1. The zero-order valence-electron chi connectivity index (χ0n) is 12.2. The molecule has 0 saturated carbocycles. The third-order valence-electron chi connectivity index (χ3n) is 3.90. The predicted octanol–water partition coefficient (Wildman–Crippen LogP) is 3.74. The number of rotatable bonds is 6. The van der Waals surface area contributed by atoms with E-state index in [0.717, 1.165) is 17.0 Å². The molecule has 0 spiro atoms. The van der Waals surface area contributed by atoms with E-state index in [9.17, 15) is 4.79 Å². The van der Waals surface area contributed by atoms with Crippen LogP contribution in [0.15, 0.2) is 24.3 Å². The van der Waals surface area contributed by atoms with Crippen LogP contribution in [0.4, 0.5) is 0 Å². The van der Waals surface area contributed by atoms with E-state index in [-0.39, 0.29) is 18.1 Å². The Balaban J connectivity index is 2.07. The highest BCUT2D eigenvalue weighted by atomic mass is 35.5. The minimum absolute atomic E-state index is 0.0172. The maximum Gasteiger partial charge on any atom is 0.238 e. The highest BCUT2D eigenvalue weighted by Gasteiger charge is 2.34. The predicted molar refractivity (Wildman–Crippen MR) is 82.6 cm³/mol. The molecule has 2 unspecified atom stereocenters. The van der Waals surface area contributed by atoms with Gasteiger partial charge in [0.25, 0.3) is 0 Å². The van der Waals surface area contributed by atoms with Crippen LogP contribution < -0.4 is 5.32 Å². The number of amides is 1. The van der Waals surface area contributed by atoms with Crippen LogP contribution in [0, 0.1) is 0 Å². The average molecular weight is 295 g/mol. The SMILES string of the molecule is CCCCCC(C)N1C(=O)CNC1c1ccc(Cl)cc1. The first-order valence-corrected chi connectivity index (χ1v) is 7.81. The third kappa shape index (κ3) is 3.53. The van der Waals surface area contributed by atoms with Gasteiger partial charge in [-0.2, -0.15) is 0 Å². The summed E-state index contributed by atoms with van der Waals surface area (Å²) in [5.41, 5.74) is 1.10. The van der Waals surface area contributed by atoms with Gasteiger partial charge in [0.1, 0.15) is 6.17 Å². The van der Waals surface area contributed by atoms with E-state index in [1.807, 2.05) is 29.2 Å². The van der Waals surface area contributed by atoms with Crippen molar-refractivity contribution in [2.45, 2.75) is 51.7 Å². The largest absolute Gasteiger partial charge is 0.319 e. The summed E-state index contributed by atoms with van der Waals surface area (Å²) in [6, 6.07) is 8.00. The third-order valence-corrected chi connectivity index (χ3v) is 4.15. The molecule has 4 heteroatoms. The van der Waals surface area contributed by atoms with Gasteiger partial charge in [0, 0.05) is 11.1 Å². The first-order chi connectivity index (χ1) is 9.63. The summed E-state index contributed by atoms with van der Waals surface area (Å²) in [6.07, 6.45) is 4.65. The first-order valence-electron chi connectivity index (χ1n) is 7.43. The van der Waals surface area contributed by atoms with E-state index in [1.165, 1.54) is 19.3 Å². The molecular weight excluding hydrogens is 272 g/mol. The van der Waals surface area contributed by atoms with Crippen molar-refractivity contribution >= 4 is 17.5 Å². The van der Waals surface area contributed by atoms with Crippen LogP contribution >= 0.6 is 11.6 Å². The number of unbranched alkanes of at least 4 members (excludes halogenated alkanes) is 2. The van der Waals surface area contributed by atoms with Gasteiger partial charge in [0.2, 0.25) is 5.91 Å². The molecule has 20 heavy (non-hydrogen) atoms. The molecular formula is C16H23ClN2O. The van der Waals surface area contributed by atoms with Gasteiger partial charge < -0.3 is 4.90 Å². The van der Waals surface area contributed by atoms with Crippen LogP contribution in [0.25, 0.3) is 0 Å². The number of halogens is 1. The normalized spacial score (nSPS) is 20.4. The standard InChI is InChI=1S/C16H23ClN2O/c1-3-4-5-6-12(2)19-15(20)11-18-16(19)13-7-9-14(17)10-8-13/h7-10,12,16,18H,3-6,11H2,1-2H3. The van der Waals surface area contributed by atoms with Crippen LogP contribution in [0.2, 0.25) is 5.02 Å². The smallest absolute Gasteiger partial charge is 0.238 e. The van der Waals surface area contributed by atoms with Crippen molar-refractivity contribution in [3.05, 3.63) is 34.9 Å². The molecule has 1 N–H and O–H groups in total. The van der Waals surface area contributed by atoms with Gasteiger partial charge >= 0.3 is 0 Å². The molecule has 1 aromatic rings. The zero-order valence-corrected chi connectivity index (χ0v) is 13.0. The fourth-order valence-corrected chi connectivity index (χ4v) is 2.90. The summed E-state index contributed by atoms with van der Waals surface area (Å²) in [5, 5.41) is 4.02. The fraction of sp³-hybridized carbons (Fsp3) is 0.562. The van der Waals surface area contributed by atoms with Gasteiger partial charge in [0.15, 0.2) is 0 Å². The Morgan fingerprint density at radius 1 is 1.35 bits per heavy atom. The molecule has 1 amide bonds. The highest BCUT2D eigenvalue weighted by Crippen LogP contribution is 2.27. The quantitative estimate of drug-likeness (QED) is 0.811. The molecule has 3 nitrogen and oxygen atoms in total. The van der Waals surface area contributed by atoms with Crippen LogP contribution in [0.3, 0.4) is 0 Å². The second kappa shape index (κ2) is 7.09. The number of hydrogen-bond acceptors (Lipinski definition) is 2. The summed E-state index contributed by atoms with van der Waals surface area (Å²) in [4.78, 5) is 14.1. The van der Waals surface area contributed by atoms with E-state index < -0.39 is 0 Å². The monoisotopic (exact) mass is 294 g/mol. The van der Waals surface area contributed by atoms with Gasteiger partial charge in [0.05, 0.1) is 6.54 Å². The average Bonchev–Trinajstić information content (AvgIpc) is 2.82. The number of nitrogens with zero attached hydrogens (tertiary/aromatic N) is 1. The zero-order chi connectivity index (χ0) is 14.5. The van der Waals surface area contributed by atoms with Gasteiger partial charge in [-0.15, -0.1) is 0 Å². The molecule has 1 saturated heterocycles. The molecule has 0 aliphatic carbocycles. The Bertz CT molecular complexity index is 446. The summed E-state index contributed by atoms with van der Waals surface area (Å²) >= 11 is 5.93. The summed E-state index contributed by atoms with van der Waals surface area (Å²) in [5.74, 6) is 0.189. The molecule has 2 atom stereocenters. The Hall–Kier alpha value is -1.06. The van der Waals surface area contributed by atoms with E-state index in [1.54, 1.807) is 0 Å². The Labute approximate surface area is 126 Å². The van der Waals surface area contributed by atoms with Crippen LogP contribution in [-0.4, -0.2) is 23.4 Å². The van der Waals surface area contributed by atoms with E-state index >= 15 is 0 Å². The van der Waals surface area contributed by atoms with Crippen molar-refractivity contribution in [2.75, 3.05) is 6.54 Å². The molecule has 1 aliphatic rings. The number of hydrogen-bond donors (Lipinski definition) is 1. The van der Waals surface area contributed by atoms with Crippen molar-refractivity contribution in [1.29, 1.82) is 0 Å². The number of carbonyl (C=O) groups is 1. The number of nitrogens with one attached hydrogen (secondary N) is 1. The van der Waals surface area contributed by atoms with Crippen molar-refractivity contribution in [3.63, 3.8) is 0 Å². The van der Waals surface area contributed by atoms with Gasteiger partial charge in [-0.05, 0) is 31.0 Å². The molecule has 1 aliphatic heterocycles. The molecule has 0 bridgehead atoms. The maximum atomic E-state index is 12.1. The van der Waals surface area contributed by atoms with Crippen LogP contribution in [0.1, 0.15) is 51.3 Å². The van der Waals surface area contributed by atoms with Gasteiger partial charge in [-0.1, -0.05) is 49.9 Å². The Morgan fingerprint density at radius 2 is 2.05 bits per heavy atom. The van der Waals surface area contributed by atoms with Crippen molar-refractivity contribution in [2.24, 2.45) is 0 Å². The summed E-state index contributed by atoms with van der Waals surface area (Å²) < 4.78 is 0. The Kier molecular flexibility index (Phi) is 5.44. The fourth-order valence-electron chi connectivity index (χ4n) is 2.77. The second-order valence-corrected chi connectivity index (χ2v) is 5.92. The molecule has 1 fully saturated rings. The minimum atomic E-state index is -0.0172. The van der Waals surface area contributed by atoms with Crippen molar-refractivity contribution in [3.8, 4) is 0 Å². The van der Waals surface area contributed by atoms with Crippen molar-refractivity contribution in [1.82, 2.24) is 10.2 Å². The van der Waals surface area contributed by atoms with E-state index in [0.29, 0.717) is 6.54 Å². The lowest BCUT2D eigenvalue weighted by Gasteiger charge is -2.31. The summed E-state index contributed by atoms with van der Waals surface area (Å²) in [6.45, 7) is 4.76. The highest BCUT2D eigenvalue weighted by molar-refractivity contribution is 6.30. The van der Waals surface area contributed by atoms with Crippen molar-refractivity contribution < 1.29 is 4.79 Å².